The van der Waals surface area contributed by atoms with E-state index in [1.807, 2.05) is 30.1 Å². The second kappa shape index (κ2) is 7.29. The largest absolute Gasteiger partial charge is 0.497 e. The molecule has 3 aromatic rings. The van der Waals surface area contributed by atoms with Crippen LogP contribution in [0.2, 0.25) is 0 Å². The zero-order valence-electron chi connectivity index (χ0n) is 18.6. The number of methoxy groups -OCH3 is 1. The van der Waals surface area contributed by atoms with Crippen LogP contribution in [0.15, 0.2) is 36.4 Å². The Kier molecular flexibility index (Phi) is 4.46. The number of carbonyl (C=O) groups excluding carboxylic acids is 1. The van der Waals surface area contributed by atoms with Gasteiger partial charge in [0.05, 0.1) is 25.3 Å². The maximum atomic E-state index is 13.0. The second-order valence-electron chi connectivity index (χ2n) is 8.95. The van der Waals surface area contributed by atoms with E-state index in [2.05, 4.69) is 21.3 Å². The summed E-state index contributed by atoms with van der Waals surface area (Å²) < 4.78 is 18.3. The van der Waals surface area contributed by atoms with Crippen LogP contribution < -0.4 is 24.8 Å². The molecular weight excluding hydrogens is 424 g/mol. The maximum absolute atomic E-state index is 13.0. The smallest absolute Gasteiger partial charge is 0.321 e. The fourth-order valence-corrected chi connectivity index (χ4v) is 5.46. The highest BCUT2D eigenvalue weighted by Crippen LogP contribution is 2.47. The number of fused-ring (bicyclic) bond motifs is 5. The number of nitrogens with one attached hydrogen (secondary N) is 2. The van der Waals surface area contributed by atoms with E-state index in [1.165, 1.54) is 5.56 Å². The number of aliphatic hydroxyl groups excluding tert-OH is 1. The second-order valence-corrected chi connectivity index (χ2v) is 8.95. The summed E-state index contributed by atoms with van der Waals surface area (Å²) in [4.78, 5) is 14.8. The summed E-state index contributed by atoms with van der Waals surface area (Å²) in [7, 11) is 3.68. The number of anilines is 1. The Labute approximate surface area is 190 Å². The Morgan fingerprint density at radius 1 is 1.24 bits per heavy atom. The molecule has 2 aromatic carbocycles. The molecule has 9 heteroatoms. The van der Waals surface area contributed by atoms with Crippen LogP contribution in [0.4, 0.5) is 10.5 Å². The molecule has 33 heavy (non-hydrogen) atoms. The molecule has 1 saturated heterocycles. The number of carbonyl (C=O) groups is 1. The topological polar surface area (TPSA) is 97.2 Å². The lowest BCUT2D eigenvalue weighted by molar-refractivity contribution is 0.0834. The van der Waals surface area contributed by atoms with Gasteiger partial charge in [-0.25, -0.2) is 4.79 Å². The number of aliphatic hydroxyl groups is 1. The molecule has 1 spiro atoms. The number of aryl methyl sites for hydroxylation is 1. The molecule has 1 aromatic heterocycles. The summed E-state index contributed by atoms with van der Waals surface area (Å²) in [6.07, 6.45) is 0. The van der Waals surface area contributed by atoms with Crippen molar-refractivity contribution in [3.63, 3.8) is 0 Å². The van der Waals surface area contributed by atoms with Crippen molar-refractivity contribution in [3.8, 4) is 17.2 Å². The first-order valence-electron chi connectivity index (χ1n) is 11.0. The van der Waals surface area contributed by atoms with Gasteiger partial charge in [0.2, 0.25) is 6.79 Å². The molecule has 0 radical (unpaired) electrons. The van der Waals surface area contributed by atoms with E-state index >= 15 is 0 Å². The molecule has 1 atom stereocenters. The van der Waals surface area contributed by atoms with Gasteiger partial charge in [-0.1, -0.05) is 0 Å². The number of amides is 2. The van der Waals surface area contributed by atoms with Gasteiger partial charge in [-0.05, 0) is 29.8 Å². The molecule has 4 heterocycles. The van der Waals surface area contributed by atoms with E-state index in [0.29, 0.717) is 36.8 Å². The van der Waals surface area contributed by atoms with Crippen molar-refractivity contribution in [1.82, 2.24) is 14.8 Å². The van der Waals surface area contributed by atoms with Gasteiger partial charge in [0.1, 0.15) is 5.75 Å². The molecule has 1 fully saturated rings. The highest BCUT2D eigenvalue weighted by molar-refractivity contribution is 5.92. The van der Waals surface area contributed by atoms with Gasteiger partial charge < -0.3 is 39.4 Å². The maximum Gasteiger partial charge on any atom is 0.321 e. The number of benzene rings is 2. The third-order valence-corrected chi connectivity index (χ3v) is 7.08. The lowest BCUT2D eigenvalue weighted by atomic mass is 9.69. The summed E-state index contributed by atoms with van der Waals surface area (Å²) >= 11 is 0. The fraction of sp³-hybridized carbons (Fsp3) is 0.375. The molecule has 0 aliphatic carbocycles. The third-order valence-electron chi connectivity index (χ3n) is 7.08. The van der Waals surface area contributed by atoms with Crippen LogP contribution in [-0.2, 0) is 12.5 Å². The number of hydrogen-bond acceptors (Lipinski definition) is 6. The van der Waals surface area contributed by atoms with Crippen molar-refractivity contribution in [1.29, 1.82) is 0 Å². The molecule has 3 N–H and O–H groups in total. The van der Waals surface area contributed by atoms with E-state index in [4.69, 9.17) is 14.2 Å². The Bertz CT molecular complexity index is 1260. The Morgan fingerprint density at radius 2 is 2.06 bits per heavy atom. The van der Waals surface area contributed by atoms with Crippen LogP contribution in [0.3, 0.4) is 0 Å². The van der Waals surface area contributed by atoms with Crippen LogP contribution in [0, 0.1) is 0 Å². The van der Waals surface area contributed by atoms with Crippen LogP contribution in [0.5, 0.6) is 17.2 Å². The van der Waals surface area contributed by atoms with Crippen LogP contribution in [-0.4, -0.2) is 60.7 Å². The number of aromatic nitrogens is 1. The van der Waals surface area contributed by atoms with Gasteiger partial charge >= 0.3 is 6.03 Å². The predicted octanol–water partition coefficient (Wildman–Crippen LogP) is 2.34. The van der Waals surface area contributed by atoms with E-state index in [9.17, 15) is 9.90 Å². The molecule has 3 aliphatic rings. The lowest BCUT2D eigenvalue weighted by Gasteiger charge is -2.53. The number of rotatable bonds is 3. The molecule has 172 valence electrons. The van der Waals surface area contributed by atoms with Crippen molar-refractivity contribution in [2.75, 3.05) is 45.5 Å². The number of urea groups is 1. The minimum atomic E-state index is -0.207. The first-order valence-corrected chi connectivity index (χ1v) is 11.0. The van der Waals surface area contributed by atoms with Gasteiger partial charge in [-0.3, -0.25) is 0 Å². The lowest BCUT2D eigenvalue weighted by Crippen LogP contribution is -2.67. The van der Waals surface area contributed by atoms with E-state index in [1.54, 1.807) is 19.2 Å². The number of ether oxygens (including phenoxy) is 3. The number of nitrogens with zero attached hydrogens (tertiary/aromatic N) is 2. The summed E-state index contributed by atoms with van der Waals surface area (Å²) in [5.41, 5.74) is 3.81. The average Bonchev–Trinajstić information content (AvgIpc) is 3.39. The highest BCUT2D eigenvalue weighted by Gasteiger charge is 2.52. The minimum absolute atomic E-state index is 0.0126. The van der Waals surface area contributed by atoms with Gasteiger partial charge in [0.15, 0.2) is 11.5 Å². The van der Waals surface area contributed by atoms with Gasteiger partial charge in [0.25, 0.3) is 0 Å². The molecule has 2 amide bonds. The van der Waals surface area contributed by atoms with Gasteiger partial charge in [-0.2, -0.15) is 0 Å². The minimum Gasteiger partial charge on any atom is -0.497 e. The van der Waals surface area contributed by atoms with Crippen molar-refractivity contribution in [3.05, 3.63) is 47.7 Å². The van der Waals surface area contributed by atoms with Crippen molar-refractivity contribution in [2.24, 2.45) is 7.05 Å². The number of hydrogen-bond donors (Lipinski definition) is 3. The quantitative estimate of drug-likeness (QED) is 0.567. The fourth-order valence-electron chi connectivity index (χ4n) is 5.46. The third kappa shape index (κ3) is 2.96. The molecular formula is C24H26N4O5. The van der Waals surface area contributed by atoms with E-state index < -0.39 is 0 Å². The number of likely N-dealkylation sites (tertiary alicyclic amines) is 1. The highest BCUT2D eigenvalue weighted by atomic mass is 16.7. The molecule has 9 nitrogen and oxygen atoms in total. The molecule has 3 aliphatic heterocycles. The van der Waals surface area contributed by atoms with Crippen molar-refractivity contribution >= 4 is 22.6 Å². The molecule has 0 saturated carbocycles. The Morgan fingerprint density at radius 3 is 2.85 bits per heavy atom. The first-order chi connectivity index (χ1) is 16.0. The normalized spacial score (nSPS) is 20.0. The van der Waals surface area contributed by atoms with E-state index in [-0.39, 0.29) is 30.9 Å². The zero-order valence-corrected chi connectivity index (χ0v) is 18.6. The van der Waals surface area contributed by atoms with Gasteiger partial charge in [-0.15, -0.1) is 0 Å². The van der Waals surface area contributed by atoms with Crippen molar-refractivity contribution < 1.29 is 24.1 Å². The predicted molar refractivity (Wildman–Crippen MR) is 122 cm³/mol. The first kappa shape index (κ1) is 20.2. The summed E-state index contributed by atoms with van der Waals surface area (Å²) in [6, 6.07) is 11.2. The Hall–Kier alpha value is -3.43. The van der Waals surface area contributed by atoms with Crippen LogP contribution in [0.1, 0.15) is 17.3 Å². The SMILES string of the molecule is COc1ccc2c3c(n(C)c2c1)[C@@H](CO)NCC31CN(C(=O)Nc2ccc3c(c2)OCO3)C1. The molecule has 0 bridgehead atoms. The molecule has 6 rings (SSSR count). The average molecular weight is 450 g/mol. The van der Waals surface area contributed by atoms with Crippen LogP contribution >= 0.6 is 0 Å². The molecule has 0 unspecified atom stereocenters. The van der Waals surface area contributed by atoms with Gasteiger partial charge in [0, 0.05) is 61.0 Å². The van der Waals surface area contributed by atoms with Crippen LogP contribution in [0.25, 0.3) is 10.9 Å². The van der Waals surface area contributed by atoms with E-state index in [0.717, 1.165) is 22.3 Å². The summed E-state index contributed by atoms with van der Waals surface area (Å²) in [5.74, 6) is 2.11. The Balaban J connectivity index is 1.29. The summed E-state index contributed by atoms with van der Waals surface area (Å²) in [5, 5.41) is 17.6. The monoisotopic (exact) mass is 450 g/mol. The van der Waals surface area contributed by atoms with Crippen molar-refractivity contribution in [2.45, 2.75) is 11.5 Å². The standard InChI is InChI=1S/C24H26N4O5/c1-27-18-8-15(31-2)4-5-16(18)21-22(27)17(9-29)25-10-24(21)11-28(12-24)23(30)26-14-3-6-19-20(7-14)33-13-32-19/h3-8,17,25,29H,9-13H2,1-2H3,(H,26,30)/t17-/m1/s1. The zero-order chi connectivity index (χ0) is 22.7. The summed E-state index contributed by atoms with van der Waals surface area (Å²) in [6.45, 7) is 2.09.